The number of benzene rings is 3. The first kappa shape index (κ1) is 27.1. The number of fused-ring (bicyclic) bond motifs is 3. The first-order valence-corrected chi connectivity index (χ1v) is 12.9. The van der Waals surface area contributed by atoms with Crippen LogP contribution in [0.15, 0.2) is 89.2 Å². The van der Waals surface area contributed by atoms with E-state index in [9.17, 15) is 0 Å². The molecule has 1 aromatic heterocycles. The molecule has 190 valence electrons. The van der Waals surface area contributed by atoms with Crippen LogP contribution < -0.4 is 4.74 Å². The molecule has 0 saturated heterocycles. The molecule has 3 aromatic carbocycles. The third kappa shape index (κ3) is 6.20. The first-order chi connectivity index (χ1) is 17.4. The minimum Gasteiger partial charge on any atom is -0.502 e. The summed E-state index contributed by atoms with van der Waals surface area (Å²) >= 11 is 0. The Labute approximate surface area is 216 Å². The highest BCUT2D eigenvalue weighted by Crippen LogP contribution is 2.40. The van der Waals surface area contributed by atoms with Crippen molar-refractivity contribution in [1.29, 1.82) is 0 Å². The zero-order valence-corrected chi connectivity index (χ0v) is 22.8. The molecule has 0 aliphatic carbocycles. The number of aryl methyl sites for hydroxylation is 2. The summed E-state index contributed by atoms with van der Waals surface area (Å²) in [4.78, 5) is 0. The lowest BCUT2D eigenvalue weighted by Gasteiger charge is -2.12. The quantitative estimate of drug-likeness (QED) is 0.134. The maximum absolute atomic E-state index is 5.83. The van der Waals surface area contributed by atoms with Crippen LogP contribution in [0.1, 0.15) is 51.2 Å². The molecular weight excluding hydrogens is 444 g/mol. The summed E-state index contributed by atoms with van der Waals surface area (Å²) in [5.41, 5.74) is 4.52. The van der Waals surface area contributed by atoms with Crippen molar-refractivity contribution in [2.75, 3.05) is 13.7 Å². The van der Waals surface area contributed by atoms with E-state index in [1.54, 1.807) is 13.2 Å². The fourth-order valence-corrected chi connectivity index (χ4v) is 4.54. The van der Waals surface area contributed by atoms with Gasteiger partial charge in [-0.1, -0.05) is 63.6 Å². The smallest absolute Gasteiger partial charge is 0.275 e. The van der Waals surface area contributed by atoms with Crippen LogP contribution >= 0.6 is 0 Å². The summed E-state index contributed by atoms with van der Waals surface area (Å²) in [6, 6.07) is 21.3. The van der Waals surface area contributed by atoms with Gasteiger partial charge in [0.25, 0.3) is 16.9 Å². The lowest BCUT2D eigenvalue weighted by atomic mass is 9.99. The van der Waals surface area contributed by atoms with Crippen LogP contribution in [0, 0.1) is 19.8 Å². The molecular formula is C33H41O3+. The maximum atomic E-state index is 5.83. The summed E-state index contributed by atoms with van der Waals surface area (Å²) in [7, 11) is 1.72. The first-order valence-electron chi connectivity index (χ1n) is 12.9. The number of furan rings is 1. The van der Waals surface area contributed by atoms with Gasteiger partial charge in [-0.2, -0.15) is 0 Å². The van der Waals surface area contributed by atoms with E-state index < -0.39 is 0 Å². The van der Waals surface area contributed by atoms with E-state index in [0.717, 1.165) is 51.9 Å². The molecule has 1 heterocycles. The average Bonchev–Trinajstić information content (AvgIpc) is 3.23. The van der Waals surface area contributed by atoms with E-state index in [2.05, 4.69) is 105 Å². The normalized spacial score (nSPS) is 11.5. The number of para-hydroxylation sites is 2. The lowest BCUT2D eigenvalue weighted by molar-refractivity contribution is 0.290. The van der Waals surface area contributed by atoms with Crippen molar-refractivity contribution in [1.82, 2.24) is 0 Å². The van der Waals surface area contributed by atoms with Crippen LogP contribution in [0.2, 0.25) is 0 Å². The third-order valence-corrected chi connectivity index (χ3v) is 6.73. The number of hydrogen-bond donors (Lipinski definition) is 0. The lowest BCUT2D eigenvalue weighted by Crippen LogP contribution is -1.98. The van der Waals surface area contributed by atoms with Crippen molar-refractivity contribution in [2.45, 2.75) is 53.9 Å². The second-order valence-electron chi connectivity index (χ2n) is 9.22. The highest BCUT2D eigenvalue weighted by molar-refractivity contribution is 6.05. The SMILES string of the molecule is C=CCOc1c(C)cc(-[o+]2c3ccccc3c3ccccc32)cc1C.CCC(CC)C/C=C(\C)OC. The number of rotatable bonds is 9. The number of methoxy groups -OCH3 is 1. The van der Waals surface area contributed by atoms with Crippen molar-refractivity contribution >= 4 is 21.9 Å². The van der Waals surface area contributed by atoms with Gasteiger partial charge in [0.1, 0.15) is 12.4 Å². The molecule has 0 amide bonds. The number of allylic oxidation sites excluding steroid dienone is 2. The Hall–Kier alpha value is -3.46. The summed E-state index contributed by atoms with van der Waals surface area (Å²) in [5, 5.41) is 2.48. The molecule has 0 atom stereocenters. The molecule has 0 radical (unpaired) electrons. The van der Waals surface area contributed by atoms with E-state index >= 15 is 0 Å². The van der Waals surface area contributed by atoms with Crippen LogP contribution in [0.5, 0.6) is 5.75 Å². The predicted octanol–water partition coefficient (Wildman–Crippen LogP) is 9.81. The molecule has 0 aliphatic heterocycles. The maximum Gasteiger partial charge on any atom is 0.275 e. The molecule has 0 saturated carbocycles. The molecule has 0 spiro atoms. The highest BCUT2D eigenvalue weighted by atomic mass is 16.6. The zero-order valence-electron chi connectivity index (χ0n) is 22.8. The van der Waals surface area contributed by atoms with Crippen LogP contribution in [-0.2, 0) is 4.74 Å². The average molecular weight is 486 g/mol. The Morgan fingerprint density at radius 1 is 0.917 bits per heavy atom. The third-order valence-electron chi connectivity index (χ3n) is 6.73. The fourth-order valence-electron chi connectivity index (χ4n) is 4.54. The Kier molecular flexibility index (Phi) is 9.81. The van der Waals surface area contributed by atoms with Crippen molar-refractivity contribution in [3.8, 4) is 11.5 Å². The minimum atomic E-state index is 0.517. The molecule has 4 aromatic rings. The Bertz CT molecular complexity index is 1250. The summed E-state index contributed by atoms with van der Waals surface area (Å²) in [5.74, 6) is 3.89. The predicted molar refractivity (Wildman–Crippen MR) is 154 cm³/mol. The van der Waals surface area contributed by atoms with Crippen LogP contribution in [0.4, 0.5) is 0 Å². The molecule has 0 fully saturated rings. The fraction of sp³-hybridized carbons (Fsp3) is 0.333. The molecule has 0 N–H and O–H groups in total. The number of hydrogen-bond acceptors (Lipinski definition) is 2. The zero-order chi connectivity index (χ0) is 26.1. The van der Waals surface area contributed by atoms with Gasteiger partial charge in [0, 0.05) is 35.4 Å². The van der Waals surface area contributed by atoms with Crippen LogP contribution in [0.25, 0.3) is 27.7 Å². The monoisotopic (exact) mass is 485 g/mol. The highest BCUT2D eigenvalue weighted by Gasteiger charge is 2.21. The van der Waals surface area contributed by atoms with Gasteiger partial charge in [-0.15, -0.1) is 0 Å². The topological polar surface area (TPSA) is 21.2 Å². The minimum absolute atomic E-state index is 0.517. The molecule has 3 heteroatoms. The van der Waals surface area contributed by atoms with Gasteiger partial charge >= 0.3 is 0 Å². The van der Waals surface area contributed by atoms with Gasteiger partial charge in [0.2, 0.25) is 0 Å². The van der Waals surface area contributed by atoms with Crippen LogP contribution in [0.3, 0.4) is 0 Å². The van der Waals surface area contributed by atoms with Gasteiger partial charge in [-0.25, -0.2) is 0 Å². The standard InChI is InChI=1S/C23H21O2.C10H20O/c1-4-13-24-23-16(2)14-18(15-17(23)3)25-21-11-7-5-9-19(21)20-10-6-8-12-22(20)25;1-5-10(6-2)8-7-9(3)11-4/h4-12,14-15H,1,13H2,2-3H3;7,10H,5-6,8H2,1-4H3/q+1;/b;9-7+. The molecule has 0 unspecified atom stereocenters. The van der Waals surface area contributed by atoms with Gasteiger partial charge in [-0.3, -0.25) is 0 Å². The molecule has 0 bridgehead atoms. The van der Waals surface area contributed by atoms with E-state index in [1.165, 1.54) is 23.6 Å². The van der Waals surface area contributed by atoms with Gasteiger partial charge in [-0.05, 0) is 51.3 Å². The van der Waals surface area contributed by atoms with E-state index in [0.29, 0.717) is 6.61 Å². The Morgan fingerprint density at radius 3 is 1.92 bits per heavy atom. The van der Waals surface area contributed by atoms with Gasteiger partial charge < -0.3 is 13.5 Å². The van der Waals surface area contributed by atoms with Crippen LogP contribution in [-0.4, -0.2) is 13.7 Å². The molecule has 36 heavy (non-hydrogen) atoms. The Balaban J connectivity index is 0.000000280. The van der Waals surface area contributed by atoms with Crippen molar-refractivity contribution < 1.29 is 13.5 Å². The van der Waals surface area contributed by atoms with Crippen molar-refractivity contribution in [2.24, 2.45) is 5.92 Å². The molecule has 3 nitrogen and oxygen atoms in total. The summed E-state index contributed by atoms with van der Waals surface area (Å²) in [6.45, 7) is 14.9. The summed E-state index contributed by atoms with van der Waals surface area (Å²) in [6.07, 6.45) is 7.65. The second-order valence-corrected chi connectivity index (χ2v) is 9.22. The van der Waals surface area contributed by atoms with E-state index in [-0.39, 0.29) is 0 Å². The van der Waals surface area contributed by atoms with Gasteiger partial charge in [0.15, 0.2) is 0 Å². The van der Waals surface area contributed by atoms with Gasteiger partial charge in [0.05, 0.1) is 23.6 Å². The largest absolute Gasteiger partial charge is 0.502 e. The number of ether oxygens (including phenoxy) is 2. The Morgan fingerprint density at radius 2 is 1.44 bits per heavy atom. The van der Waals surface area contributed by atoms with Crippen molar-refractivity contribution in [3.05, 3.63) is 96.3 Å². The molecule has 0 aliphatic rings. The summed E-state index contributed by atoms with van der Waals surface area (Å²) < 4.78 is 14.2. The molecule has 4 rings (SSSR count). The van der Waals surface area contributed by atoms with Crippen molar-refractivity contribution in [3.63, 3.8) is 0 Å². The second kappa shape index (κ2) is 13.0. The van der Waals surface area contributed by atoms with E-state index in [4.69, 9.17) is 9.47 Å². The van der Waals surface area contributed by atoms with E-state index in [1.807, 2.05) is 6.92 Å².